The van der Waals surface area contributed by atoms with Crippen LogP contribution >= 0.6 is 23.6 Å². The molecule has 1 saturated carbocycles. The summed E-state index contributed by atoms with van der Waals surface area (Å²) in [5, 5.41) is 9.57. The number of anilines is 1. The zero-order valence-electron chi connectivity index (χ0n) is 14.2. The molecule has 1 saturated heterocycles. The Balaban J connectivity index is 1.45. The van der Waals surface area contributed by atoms with E-state index in [1.165, 1.54) is 30.7 Å². The van der Waals surface area contributed by atoms with Gasteiger partial charge in [0.25, 0.3) is 0 Å². The average Bonchev–Trinajstić information content (AvgIpc) is 3.07. The zero-order chi connectivity index (χ0) is 16.8. The monoisotopic (exact) mass is 366 g/mol. The topological polar surface area (TPSA) is 48.9 Å². The predicted molar refractivity (Wildman–Crippen MR) is 105 cm³/mol. The molecule has 1 aromatic rings. The number of nitrogens with zero attached hydrogens (tertiary/aromatic N) is 2. The maximum atomic E-state index is 5.39. The minimum atomic E-state index is 0.476. The van der Waals surface area contributed by atoms with E-state index in [1.807, 2.05) is 6.21 Å². The van der Waals surface area contributed by atoms with Crippen LogP contribution < -0.4 is 15.6 Å². The lowest BCUT2D eigenvalue weighted by Gasteiger charge is -2.30. The molecule has 7 heteroatoms. The third-order valence-corrected chi connectivity index (χ3v) is 6.01. The molecule has 0 amide bonds. The molecule has 2 aliphatic rings. The molecule has 0 spiro atoms. The van der Waals surface area contributed by atoms with Crippen molar-refractivity contribution in [3.05, 3.63) is 17.0 Å². The van der Waals surface area contributed by atoms with Crippen molar-refractivity contribution in [3.8, 4) is 0 Å². The number of nitrogens with one attached hydrogen (secondary N) is 2. The Bertz CT molecular complexity index is 569. The van der Waals surface area contributed by atoms with Crippen molar-refractivity contribution in [1.82, 2.24) is 10.7 Å². The third-order valence-electron chi connectivity index (χ3n) is 4.72. The Morgan fingerprint density at radius 2 is 2.12 bits per heavy atom. The van der Waals surface area contributed by atoms with Crippen LogP contribution in [-0.2, 0) is 4.74 Å². The zero-order valence-corrected chi connectivity index (χ0v) is 15.8. The van der Waals surface area contributed by atoms with Crippen LogP contribution in [0.15, 0.2) is 17.2 Å². The van der Waals surface area contributed by atoms with Gasteiger partial charge in [-0.1, -0.05) is 19.8 Å². The number of hydrazone groups is 1. The average molecular weight is 367 g/mol. The van der Waals surface area contributed by atoms with Crippen LogP contribution in [0.1, 0.15) is 37.5 Å². The highest BCUT2D eigenvalue weighted by Crippen LogP contribution is 2.25. The van der Waals surface area contributed by atoms with Crippen LogP contribution in [0.3, 0.4) is 0 Å². The highest BCUT2D eigenvalue weighted by atomic mass is 32.1. The van der Waals surface area contributed by atoms with Gasteiger partial charge in [0.05, 0.1) is 24.4 Å². The molecule has 0 bridgehead atoms. The van der Waals surface area contributed by atoms with E-state index >= 15 is 0 Å². The second-order valence-corrected chi connectivity index (χ2v) is 7.99. The van der Waals surface area contributed by atoms with E-state index in [2.05, 4.69) is 39.8 Å². The normalized spacial score (nSPS) is 25.0. The molecule has 5 nitrogen and oxygen atoms in total. The van der Waals surface area contributed by atoms with Crippen LogP contribution in [0, 0.1) is 5.92 Å². The Hall–Kier alpha value is -1.18. The van der Waals surface area contributed by atoms with Gasteiger partial charge in [-0.15, -0.1) is 11.3 Å². The van der Waals surface area contributed by atoms with Gasteiger partial charge in [0, 0.05) is 24.0 Å². The van der Waals surface area contributed by atoms with Gasteiger partial charge in [-0.2, -0.15) is 5.10 Å². The summed E-state index contributed by atoms with van der Waals surface area (Å²) >= 11 is 7.10. The molecule has 2 N–H and O–H groups in total. The predicted octanol–water partition coefficient (Wildman–Crippen LogP) is 2.96. The number of thiophene rings is 1. The Labute approximate surface area is 153 Å². The molecule has 24 heavy (non-hydrogen) atoms. The van der Waals surface area contributed by atoms with Crippen molar-refractivity contribution in [2.24, 2.45) is 11.0 Å². The number of hydrogen-bond donors (Lipinski definition) is 2. The van der Waals surface area contributed by atoms with Gasteiger partial charge in [-0.3, -0.25) is 5.43 Å². The maximum Gasteiger partial charge on any atom is 0.187 e. The lowest BCUT2D eigenvalue weighted by Crippen LogP contribution is -2.44. The van der Waals surface area contributed by atoms with E-state index in [0.717, 1.165) is 31.2 Å². The van der Waals surface area contributed by atoms with Gasteiger partial charge in [-0.05, 0) is 43.1 Å². The fourth-order valence-corrected chi connectivity index (χ4v) is 4.39. The van der Waals surface area contributed by atoms with E-state index in [0.29, 0.717) is 17.1 Å². The van der Waals surface area contributed by atoms with Crippen LogP contribution in [0.25, 0.3) is 0 Å². The summed E-state index contributed by atoms with van der Waals surface area (Å²) in [5.41, 5.74) is 2.95. The Morgan fingerprint density at radius 3 is 2.92 bits per heavy atom. The largest absolute Gasteiger partial charge is 0.378 e. The second-order valence-electron chi connectivity index (χ2n) is 6.49. The van der Waals surface area contributed by atoms with Gasteiger partial charge in [0.2, 0.25) is 0 Å². The highest BCUT2D eigenvalue weighted by Gasteiger charge is 2.21. The summed E-state index contributed by atoms with van der Waals surface area (Å²) in [6.45, 7) is 5.83. The Kier molecular flexibility index (Phi) is 6.45. The van der Waals surface area contributed by atoms with Gasteiger partial charge < -0.3 is 15.0 Å². The molecule has 3 rings (SSSR count). The van der Waals surface area contributed by atoms with E-state index < -0.39 is 0 Å². The lowest BCUT2D eigenvalue weighted by atomic mass is 9.86. The molecule has 0 radical (unpaired) electrons. The first kappa shape index (κ1) is 17.6. The summed E-state index contributed by atoms with van der Waals surface area (Å²) in [7, 11) is 0. The summed E-state index contributed by atoms with van der Waals surface area (Å²) in [6.07, 6.45) is 6.94. The summed E-state index contributed by atoms with van der Waals surface area (Å²) in [5.74, 6) is 0.677. The standard InChI is InChI=1S/C17H26N4OS2/c1-13-4-2-3-5-15(13)19-17(23)20-18-12-14-6-7-16(24-14)21-8-10-22-11-9-21/h6-7,12-13,15H,2-5,8-11H2,1H3,(H2,19,20,23)/b18-12-/t13-,15-/m1/s1. The minimum absolute atomic E-state index is 0.476. The fraction of sp³-hybridized carbons (Fsp3) is 0.647. The van der Waals surface area contributed by atoms with Gasteiger partial charge in [0.15, 0.2) is 5.11 Å². The van der Waals surface area contributed by atoms with Crippen molar-refractivity contribution < 1.29 is 4.74 Å². The van der Waals surface area contributed by atoms with E-state index in [-0.39, 0.29) is 0 Å². The molecule has 2 heterocycles. The smallest absolute Gasteiger partial charge is 0.187 e. The van der Waals surface area contributed by atoms with E-state index in [9.17, 15) is 0 Å². The quantitative estimate of drug-likeness (QED) is 0.487. The van der Waals surface area contributed by atoms with Crippen LogP contribution in [-0.4, -0.2) is 43.7 Å². The van der Waals surface area contributed by atoms with Gasteiger partial charge in [-0.25, -0.2) is 0 Å². The highest BCUT2D eigenvalue weighted by molar-refractivity contribution is 7.80. The number of rotatable bonds is 4. The fourth-order valence-electron chi connectivity index (χ4n) is 3.25. The lowest BCUT2D eigenvalue weighted by molar-refractivity contribution is 0.123. The number of morpholine rings is 1. The third kappa shape index (κ3) is 4.91. The van der Waals surface area contributed by atoms with Gasteiger partial charge in [0.1, 0.15) is 0 Å². The van der Waals surface area contributed by atoms with Crippen molar-refractivity contribution in [2.45, 2.75) is 38.6 Å². The first-order valence-electron chi connectivity index (χ1n) is 8.74. The first-order valence-corrected chi connectivity index (χ1v) is 9.97. The first-order chi connectivity index (χ1) is 11.7. The maximum absolute atomic E-state index is 5.39. The summed E-state index contributed by atoms with van der Waals surface area (Å²) < 4.78 is 5.39. The second kappa shape index (κ2) is 8.78. The number of ether oxygens (including phenoxy) is 1. The van der Waals surface area contributed by atoms with Crippen molar-refractivity contribution in [2.75, 3.05) is 31.2 Å². The van der Waals surface area contributed by atoms with Crippen LogP contribution in [0.2, 0.25) is 0 Å². The molecular weight excluding hydrogens is 340 g/mol. The molecule has 1 aliphatic heterocycles. The van der Waals surface area contributed by atoms with Crippen LogP contribution in [0.5, 0.6) is 0 Å². The van der Waals surface area contributed by atoms with E-state index in [1.54, 1.807) is 11.3 Å². The van der Waals surface area contributed by atoms with Crippen LogP contribution in [0.4, 0.5) is 5.00 Å². The minimum Gasteiger partial charge on any atom is -0.378 e. The molecule has 0 unspecified atom stereocenters. The molecule has 132 valence electrons. The molecule has 0 aromatic carbocycles. The molecule has 2 atom stereocenters. The Morgan fingerprint density at radius 1 is 1.33 bits per heavy atom. The molecule has 1 aromatic heterocycles. The molecular formula is C17H26N4OS2. The summed E-state index contributed by atoms with van der Waals surface area (Å²) in [6, 6.07) is 4.72. The molecule has 1 aliphatic carbocycles. The number of hydrogen-bond acceptors (Lipinski definition) is 5. The van der Waals surface area contributed by atoms with E-state index in [4.69, 9.17) is 17.0 Å². The van der Waals surface area contributed by atoms with Crippen molar-refractivity contribution in [3.63, 3.8) is 0 Å². The van der Waals surface area contributed by atoms with Crippen molar-refractivity contribution >= 4 is 39.9 Å². The number of thiocarbonyl (C=S) groups is 1. The van der Waals surface area contributed by atoms with Gasteiger partial charge >= 0.3 is 0 Å². The van der Waals surface area contributed by atoms with Crippen molar-refractivity contribution in [1.29, 1.82) is 0 Å². The molecule has 2 fully saturated rings. The SMILES string of the molecule is C[C@@H]1CCCC[C@H]1NC(=S)N/N=C\c1ccc(N2CCOCC2)s1. The summed E-state index contributed by atoms with van der Waals surface area (Å²) in [4.78, 5) is 3.48.